The van der Waals surface area contributed by atoms with Crippen LogP contribution in [-0.2, 0) is 6.61 Å². The number of aromatic nitrogens is 3. The first-order valence-electron chi connectivity index (χ1n) is 4.80. The molecule has 2 aromatic heterocycles. The molecule has 4 heteroatoms. The van der Waals surface area contributed by atoms with Gasteiger partial charge in [0.15, 0.2) is 5.82 Å². The van der Waals surface area contributed by atoms with Crippen molar-refractivity contribution < 1.29 is 5.11 Å². The molecule has 0 aliphatic rings. The Labute approximate surface area is 88.2 Å². The Morgan fingerprint density at radius 2 is 2.07 bits per heavy atom. The number of rotatable bonds is 2. The second kappa shape index (κ2) is 3.82. The van der Waals surface area contributed by atoms with Gasteiger partial charge >= 0.3 is 0 Å². The molecular weight excluding hydrogens is 190 g/mol. The molecule has 0 amide bonds. The summed E-state index contributed by atoms with van der Waals surface area (Å²) in [5.41, 5.74) is 2.68. The third-order valence-corrected chi connectivity index (χ3v) is 2.14. The van der Waals surface area contributed by atoms with E-state index in [1.807, 2.05) is 38.2 Å². The van der Waals surface area contributed by atoms with E-state index in [-0.39, 0.29) is 6.61 Å². The second-order valence-corrected chi connectivity index (χ2v) is 3.53. The molecule has 15 heavy (non-hydrogen) atoms. The highest BCUT2D eigenvalue weighted by atomic mass is 16.3. The lowest BCUT2D eigenvalue weighted by molar-refractivity contribution is 0.281. The Hall–Kier alpha value is -1.68. The minimum atomic E-state index is 0.0244. The zero-order valence-electron chi connectivity index (χ0n) is 8.81. The van der Waals surface area contributed by atoms with Crippen LogP contribution in [0.2, 0.25) is 0 Å². The molecule has 2 aromatic rings. The summed E-state index contributed by atoms with van der Waals surface area (Å²) >= 11 is 0. The number of hydrogen-bond donors (Lipinski definition) is 1. The molecule has 0 saturated heterocycles. The highest BCUT2D eigenvalue weighted by Crippen LogP contribution is 2.09. The summed E-state index contributed by atoms with van der Waals surface area (Å²) in [5.74, 6) is 0.743. The van der Waals surface area contributed by atoms with E-state index in [1.54, 1.807) is 4.68 Å². The summed E-state index contributed by atoms with van der Waals surface area (Å²) in [5, 5.41) is 13.4. The highest BCUT2D eigenvalue weighted by molar-refractivity contribution is 5.30. The van der Waals surface area contributed by atoms with Gasteiger partial charge in [-0.15, -0.1) is 0 Å². The number of nitrogens with zero attached hydrogens (tertiary/aromatic N) is 3. The molecule has 0 aliphatic heterocycles. The van der Waals surface area contributed by atoms with E-state index in [4.69, 9.17) is 5.11 Å². The Morgan fingerprint density at radius 3 is 2.67 bits per heavy atom. The standard InChI is InChI=1S/C11H13N3O/c1-8-3-4-14(13-8)11-6-10(7-15)5-9(2)12-11/h3-6,15H,7H2,1-2H3. The predicted molar refractivity (Wildman–Crippen MR) is 56.8 cm³/mol. The second-order valence-electron chi connectivity index (χ2n) is 3.53. The summed E-state index contributed by atoms with van der Waals surface area (Å²) in [6.07, 6.45) is 1.86. The molecule has 0 bridgehead atoms. The lowest BCUT2D eigenvalue weighted by atomic mass is 10.2. The number of aliphatic hydroxyl groups is 1. The van der Waals surface area contributed by atoms with Gasteiger partial charge < -0.3 is 5.11 Å². The van der Waals surface area contributed by atoms with Gasteiger partial charge in [-0.25, -0.2) is 9.67 Å². The lowest BCUT2D eigenvalue weighted by Crippen LogP contribution is -2.01. The van der Waals surface area contributed by atoms with E-state index >= 15 is 0 Å². The van der Waals surface area contributed by atoms with Crippen LogP contribution in [0, 0.1) is 13.8 Å². The van der Waals surface area contributed by atoms with Crippen molar-refractivity contribution in [1.82, 2.24) is 14.8 Å². The van der Waals surface area contributed by atoms with Gasteiger partial charge in [0.1, 0.15) is 0 Å². The van der Waals surface area contributed by atoms with Crippen molar-refractivity contribution in [2.24, 2.45) is 0 Å². The number of aryl methyl sites for hydroxylation is 2. The zero-order valence-corrected chi connectivity index (χ0v) is 8.81. The molecule has 1 N–H and O–H groups in total. The summed E-state index contributed by atoms with van der Waals surface area (Å²) in [7, 11) is 0. The van der Waals surface area contributed by atoms with Crippen LogP contribution in [0.3, 0.4) is 0 Å². The molecule has 0 radical (unpaired) electrons. The number of hydrogen-bond acceptors (Lipinski definition) is 3. The molecule has 0 saturated carbocycles. The topological polar surface area (TPSA) is 50.9 Å². The summed E-state index contributed by atoms with van der Waals surface area (Å²) in [4.78, 5) is 4.35. The summed E-state index contributed by atoms with van der Waals surface area (Å²) in [6, 6.07) is 5.61. The van der Waals surface area contributed by atoms with E-state index in [2.05, 4.69) is 10.1 Å². The molecule has 0 unspecified atom stereocenters. The predicted octanol–water partition coefficient (Wildman–Crippen LogP) is 1.38. The third kappa shape index (κ3) is 2.05. The quantitative estimate of drug-likeness (QED) is 0.802. The maximum absolute atomic E-state index is 9.08. The van der Waals surface area contributed by atoms with Crippen molar-refractivity contribution >= 4 is 0 Å². The van der Waals surface area contributed by atoms with Crippen LogP contribution >= 0.6 is 0 Å². The minimum absolute atomic E-state index is 0.0244. The Kier molecular flexibility index (Phi) is 2.51. The zero-order chi connectivity index (χ0) is 10.8. The van der Waals surface area contributed by atoms with Crippen LogP contribution in [-0.4, -0.2) is 19.9 Å². The molecule has 0 spiro atoms. The van der Waals surface area contributed by atoms with Crippen molar-refractivity contribution in [3.05, 3.63) is 41.3 Å². The van der Waals surface area contributed by atoms with Gasteiger partial charge in [-0.05, 0) is 37.6 Å². The van der Waals surface area contributed by atoms with Crippen LogP contribution < -0.4 is 0 Å². The third-order valence-electron chi connectivity index (χ3n) is 2.14. The van der Waals surface area contributed by atoms with E-state index in [9.17, 15) is 0 Å². The fourth-order valence-electron chi connectivity index (χ4n) is 1.47. The van der Waals surface area contributed by atoms with Gasteiger partial charge in [0, 0.05) is 11.9 Å². The van der Waals surface area contributed by atoms with Gasteiger partial charge in [0.2, 0.25) is 0 Å². The summed E-state index contributed by atoms with van der Waals surface area (Å²) in [6.45, 7) is 3.86. The van der Waals surface area contributed by atoms with E-state index in [0.717, 1.165) is 22.8 Å². The van der Waals surface area contributed by atoms with E-state index in [0.29, 0.717) is 0 Å². The maximum Gasteiger partial charge on any atom is 0.153 e. The molecule has 0 fully saturated rings. The van der Waals surface area contributed by atoms with Crippen LogP contribution in [0.5, 0.6) is 0 Å². The molecular formula is C11H13N3O. The van der Waals surface area contributed by atoms with E-state index < -0.39 is 0 Å². The van der Waals surface area contributed by atoms with Crippen molar-refractivity contribution in [1.29, 1.82) is 0 Å². The van der Waals surface area contributed by atoms with Crippen LogP contribution in [0.4, 0.5) is 0 Å². The molecule has 0 aliphatic carbocycles. The average Bonchev–Trinajstić information content (AvgIpc) is 2.64. The molecule has 2 rings (SSSR count). The monoisotopic (exact) mass is 203 g/mol. The Bertz CT molecular complexity index is 476. The summed E-state index contributed by atoms with van der Waals surface area (Å²) < 4.78 is 1.71. The molecule has 78 valence electrons. The molecule has 2 heterocycles. The fourth-order valence-corrected chi connectivity index (χ4v) is 1.47. The fraction of sp³-hybridized carbons (Fsp3) is 0.273. The Balaban J connectivity index is 2.48. The average molecular weight is 203 g/mol. The van der Waals surface area contributed by atoms with Crippen LogP contribution in [0.25, 0.3) is 5.82 Å². The Morgan fingerprint density at radius 1 is 1.27 bits per heavy atom. The smallest absolute Gasteiger partial charge is 0.153 e. The van der Waals surface area contributed by atoms with E-state index in [1.165, 1.54) is 0 Å². The van der Waals surface area contributed by atoms with Gasteiger partial charge in [-0.1, -0.05) is 0 Å². The first kappa shape index (κ1) is 9.86. The normalized spacial score (nSPS) is 10.6. The van der Waals surface area contributed by atoms with Crippen LogP contribution in [0.15, 0.2) is 24.4 Å². The highest BCUT2D eigenvalue weighted by Gasteiger charge is 2.02. The van der Waals surface area contributed by atoms with Crippen LogP contribution in [0.1, 0.15) is 17.0 Å². The molecule has 0 aromatic carbocycles. The van der Waals surface area contributed by atoms with Crippen molar-refractivity contribution in [2.75, 3.05) is 0 Å². The maximum atomic E-state index is 9.08. The van der Waals surface area contributed by atoms with Gasteiger partial charge in [-0.3, -0.25) is 0 Å². The first-order chi connectivity index (χ1) is 7.19. The molecule has 0 atom stereocenters. The molecule has 4 nitrogen and oxygen atoms in total. The largest absolute Gasteiger partial charge is 0.392 e. The first-order valence-corrected chi connectivity index (χ1v) is 4.80. The minimum Gasteiger partial charge on any atom is -0.392 e. The number of pyridine rings is 1. The number of aliphatic hydroxyl groups excluding tert-OH is 1. The van der Waals surface area contributed by atoms with Crippen molar-refractivity contribution in [3.8, 4) is 5.82 Å². The van der Waals surface area contributed by atoms with Gasteiger partial charge in [-0.2, -0.15) is 5.10 Å². The lowest BCUT2D eigenvalue weighted by Gasteiger charge is -2.04. The van der Waals surface area contributed by atoms with Gasteiger partial charge in [0.25, 0.3) is 0 Å². The van der Waals surface area contributed by atoms with Crippen molar-refractivity contribution in [2.45, 2.75) is 20.5 Å². The van der Waals surface area contributed by atoms with Crippen molar-refractivity contribution in [3.63, 3.8) is 0 Å². The SMILES string of the molecule is Cc1cc(CO)cc(-n2ccc(C)n2)n1. The van der Waals surface area contributed by atoms with Gasteiger partial charge in [0.05, 0.1) is 12.3 Å².